The number of phenolic OH excluding ortho intramolecular Hbond substituents is 1. The smallest absolute Gasteiger partial charge is 0.251 e. The van der Waals surface area contributed by atoms with Gasteiger partial charge in [0.2, 0.25) is 0 Å². The van der Waals surface area contributed by atoms with E-state index in [-0.39, 0.29) is 17.7 Å². The van der Waals surface area contributed by atoms with Gasteiger partial charge in [0.1, 0.15) is 5.75 Å². The first-order valence-electron chi connectivity index (χ1n) is 5.77. The number of rotatable bonds is 4. The van der Waals surface area contributed by atoms with Crippen LogP contribution in [-0.4, -0.2) is 17.1 Å². The van der Waals surface area contributed by atoms with E-state index >= 15 is 0 Å². The zero-order chi connectivity index (χ0) is 13.0. The van der Waals surface area contributed by atoms with Gasteiger partial charge in [0, 0.05) is 22.9 Å². The Morgan fingerprint density at radius 2 is 2.06 bits per heavy atom. The molecule has 3 nitrogen and oxygen atoms in total. The quantitative estimate of drug-likeness (QED) is 0.889. The van der Waals surface area contributed by atoms with Crippen molar-refractivity contribution in [1.29, 1.82) is 0 Å². The molecule has 4 heteroatoms. The number of nitrogens with one attached hydrogen (secondary N) is 1. The molecule has 2 N–H and O–H groups in total. The number of carbonyl (C=O) groups is 1. The van der Waals surface area contributed by atoms with E-state index in [4.69, 9.17) is 5.11 Å². The zero-order valence-electron chi connectivity index (χ0n) is 10.1. The highest BCUT2D eigenvalue weighted by molar-refractivity contribution is 7.09. The number of carbonyl (C=O) groups excluding carboxylic acids is 1. The van der Waals surface area contributed by atoms with Crippen LogP contribution < -0.4 is 5.32 Å². The maximum absolute atomic E-state index is 11.9. The highest BCUT2D eigenvalue weighted by atomic mass is 32.1. The molecule has 1 aromatic carbocycles. The third kappa shape index (κ3) is 3.34. The van der Waals surface area contributed by atoms with Crippen LogP contribution in [0.15, 0.2) is 41.8 Å². The summed E-state index contributed by atoms with van der Waals surface area (Å²) >= 11 is 1.69. The van der Waals surface area contributed by atoms with Crippen LogP contribution in [0.4, 0.5) is 0 Å². The molecule has 0 radical (unpaired) electrons. The molecule has 0 aliphatic heterocycles. The number of hydrogen-bond donors (Lipinski definition) is 2. The Kier molecular flexibility index (Phi) is 3.99. The standard InChI is InChI=1S/C14H15NO2S/c1-10(9-13-3-2-8-18-13)15-14(17)11-4-6-12(16)7-5-11/h2-8,10,16H,9H2,1H3,(H,15,17). The highest BCUT2D eigenvalue weighted by Crippen LogP contribution is 2.12. The van der Waals surface area contributed by atoms with Crippen molar-refractivity contribution in [3.8, 4) is 5.75 Å². The maximum Gasteiger partial charge on any atom is 0.251 e. The van der Waals surface area contributed by atoms with Crippen LogP contribution in [-0.2, 0) is 6.42 Å². The van der Waals surface area contributed by atoms with Crippen LogP contribution in [0, 0.1) is 0 Å². The molecule has 0 saturated heterocycles. The van der Waals surface area contributed by atoms with Crippen LogP contribution in [0.1, 0.15) is 22.2 Å². The Morgan fingerprint density at radius 3 is 2.67 bits per heavy atom. The van der Waals surface area contributed by atoms with Crippen molar-refractivity contribution in [2.24, 2.45) is 0 Å². The van der Waals surface area contributed by atoms with E-state index in [9.17, 15) is 4.79 Å². The summed E-state index contributed by atoms with van der Waals surface area (Å²) in [6.45, 7) is 1.98. The normalized spacial score (nSPS) is 12.1. The fraction of sp³-hybridized carbons (Fsp3) is 0.214. The monoisotopic (exact) mass is 261 g/mol. The lowest BCUT2D eigenvalue weighted by Crippen LogP contribution is -2.33. The average molecular weight is 261 g/mol. The molecule has 94 valence electrons. The van der Waals surface area contributed by atoms with Gasteiger partial charge >= 0.3 is 0 Å². The topological polar surface area (TPSA) is 49.3 Å². The summed E-state index contributed by atoms with van der Waals surface area (Å²) in [5.41, 5.74) is 0.561. The minimum absolute atomic E-state index is 0.0879. The van der Waals surface area contributed by atoms with Crippen molar-refractivity contribution in [2.75, 3.05) is 0 Å². The second-order valence-electron chi connectivity index (χ2n) is 4.20. The van der Waals surface area contributed by atoms with Crippen molar-refractivity contribution in [3.05, 3.63) is 52.2 Å². The number of thiophene rings is 1. The Morgan fingerprint density at radius 1 is 1.33 bits per heavy atom. The molecule has 0 saturated carbocycles. The van der Waals surface area contributed by atoms with E-state index in [1.807, 2.05) is 18.4 Å². The van der Waals surface area contributed by atoms with Crippen LogP contribution in [0.25, 0.3) is 0 Å². The number of amides is 1. The van der Waals surface area contributed by atoms with Crippen LogP contribution in [0.3, 0.4) is 0 Å². The maximum atomic E-state index is 11.9. The van der Waals surface area contributed by atoms with Gasteiger partial charge in [0.25, 0.3) is 5.91 Å². The molecular formula is C14H15NO2S. The molecule has 0 fully saturated rings. The molecule has 0 aliphatic carbocycles. The lowest BCUT2D eigenvalue weighted by atomic mass is 10.1. The van der Waals surface area contributed by atoms with Gasteiger partial charge in [-0.2, -0.15) is 0 Å². The number of phenols is 1. The lowest BCUT2D eigenvalue weighted by molar-refractivity contribution is 0.0940. The Labute approximate surface area is 110 Å². The van der Waals surface area contributed by atoms with E-state index in [0.717, 1.165) is 6.42 Å². The Balaban J connectivity index is 1.92. The van der Waals surface area contributed by atoms with Crippen molar-refractivity contribution >= 4 is 17.2 Å². The third-order valence-electron chi connectivity index (χ3n) is 2.59. The largest absolute Gasteiger partial charge is 0.508 e. The zero-order valence-corrected chi connectivity index (χ0v) is 10.9. The van der Waals surface area contributed by atoms with E-state index in [0.29, 0.717) is 5.56 Å². The summed E-state index contributed by atoms with van der Waals surface area (Å²) in [5.74, 6) is 0.0530. The Hall–Kier alpha value is -1.81. The molecule has 1 aromatic heterocycles. The van der Waals surface area contributed by atoms with Gasteiger partial charge in [-0.05, 0) is 42.6 Å². The molecular weight excluding hydrogens is 246 g/mol. The molecule has 1 amide bonds. The first kappa shape index (κ1) is 12.6. The molecule has 2 rings (SSSR count). The molecule has 1 heterocycles. The summed E-state index contributed by atoms with van der Waals surface area (Å²) in [6.07, 6.45) is 0.835. The van der Waals surface area contributed by atoms with E-state index < -0.39 is 0 Å². The predicted octanol–water partition coefficient (Wildman–Crippen LogP) is 2.81. The van der Waals surface area contributed by atoms with E-state index in [1.54, 1.807) is 23.5 Å². The van der Waals surface area contributed by atoms with Crippen molar-refractivity contribution in [1.82, 2.24) is 5.32 Å². The number of aromatic hydroxyl groups is 1. The second kappa shape index (κ2) is 5.69. The molecule has 0 bridgehead atoms. The molecule has 0 aliphatic rings. The predicted molar refractivity (Wildman–Crippen MR) is 73.1 cm³/mol. The lowest BCUT2D eigenvalue weighted by Gasteiger charge is -2.12. The third-order valence-corrected chi connectivity index (χ3v) is 3.49. The van der Waals surface area contributed by atoms with Crippen molar-refractivity contribution in [3.63, 3.8) is 0 Å². The van der Waals surface area contributed by atoms with Gasteiger partial charge in [-0.15, -0.1) is 11.3 Å². The first-order valence-corrected chi connectivity index (χ1v) is 6.65. The fourth-order valence-corrected chi connectivity index (χ4v) is 2.54. The van der Waals surface area contributed by atoms with Gasteiger partial charge in [-0.25, -0.2) is 0 Å². The summed E-state index contributed by atoms with van der Waals surface area (Å²) < 4.78 is 0. The van der Waals surface area contributed by atoms with Gasteiger partial charge < -0.3 is 10.4 Å². The van der Waals surface area contributed by atoms with Crippen molar-refractivity contribution < 1.29 is 9.90 Å². The highest BCUT2D eigenvalue weighted by Gasteiger charge is 2.10. The van der Waals surface area contributed by atoms with Crippen LogP contribution in [0.5, 0.6) is 5.75 Å². The SMILES string of the molecule is CC(Cc1cccs1)NC(=O)c1ccc(O)cc1. The molecule has 2 aromatic rings. The van der Waals surface area contributed by atoms with Crippen LogP contribution in [0.2, 0.25) is 0 Å². The van der Waals surface area contributed by atoms with Gasteiger partial charge in [-0.3, -0.25) is 4.79 Å². The first-order chi connectivity index (χ1) is 8.65. The summed E-state index contributed by atoms with van der Waals surface area (Å²) in [6, 6.07) is 10.4. The van der Waals surface area contributed by atoms with E-state index in [1.165, 1.54) is 17.0 Å². The molecule has 18 heavy (non-hydrogen) atoms. The minimum atomic E-state index is -0.112. The fourth-order valence-electron chi connectivity index (χ4n) is 1.70. The summed E-state index contributed by atoms with van der Waals surface area (Å²) in [5, 5.41) is 14.1. The van der Waals surface area contributed by atoms with Crippen molar-refractivity contribution in [2.45, 2.75) is 19.4 Å². The average Bonchev–Trinajstić information content (AvgIpc) is 2.82. The molecule has 1 unspecified atom stereocenters. The van der Waals surface area contributed by atoms with Gasteiger partial charge in [0.05, 0.1) is 0 Å². The summed E-state index contributed by atoms with van der Waals surface area (Å²) in [4.78, 5) is 13.2. The minimum Gasteiger partial charge on any atom is -0.508 e. The van der Waals surface area contributed by atoms with Gasteiger partial charge in [-0.1, -0.05) is 6.07 Å². The number of benzene rings is 1. The Bertz CT molecular complexity index is 505. The second-order valence-corrected chi connectivity index (χ2v) is 5.24. The van der Waals surface area contributed by atoms with E-state index in [2.05, 4.69) is 11.4 Å². The van der Waals surface area contributed by atoms with Gasteiger partial charge in [0.15, 0.2) is 0 Å². The van der Waals surface area contributed by atoms with Crippen LogP contribution >= 0.6 is 11.3 Å². The molecule has 0 spiro atoms. The summed E-state index contributed by atoms with van der Waals surface area (Å²) in [7, 11) is 0. The molecule has 1 atom stereocenters. The number of hydrogen-bond acceptors (Lipinski definition) is 3.